The van der Waals surface area contributed by atoms with Crippen LogP contribution in [0.5, 0.6) is 0 Å². The molecule has 0 radical (unpaired) electrons. The van der Waals surface area contributed by atoms with Crippen molar-refractivity contribution in [1.29, 1.82) is 0 Å². The lowest BCUT2D eigenvalue weighted by Gasteiger charge is -2.28. The first kappa shape index (κ1) is 14.7. The van der Waals surface area contributed by atoms with Gasteiger partial charge in [0.25, 0.3) is 0 Å². The van der Waals surface area contributed by atoms with Crippen molar-refractivity contribution in [3.63, 3.8) is 0 Å². The highest BCUT2D eigenvalue weighted by Gasteiger charge is 2.35. The van der Waals surface area contributed by atoms with Crippen molar-refractivity contribution < 1.29 is 23.4 Å². The van der Waals surface area contributed by atoms with Crippen molar-refractivity contribution in [2.24, 2.45) is 5.92 Å². The molecule has 0 saturated heterocycles. The summed E-state index contributed by atoms with van der Waals surface area (Å²) in [7, 11) is -3.30. The molecule has 0 aliphatic heterocycles. The number of sulfone groups is 1. The lowest BCUT2D eigenvalue weighted by atomic mass is 9.84. The van der Waals surface area contributed by atoms with Gasteiger partial charge in [-0.25, -0.2) is 8.42 Å². The van der Waals surface area contributed by atoms with Gasteiger partial charge in [-0.15, -0.1) is 0 Å². The van der Waals surface area contributed by atoms with Crippen LogP contribution in [0.25, 0.3) is 0 Å². The summed E-state index contributed by atoms with van der Waals surface area (Å²) in [6.45, 7) is 2.79. The topological polar surface area (TPSA) is 91.7 Å². The SMILES string of the molecule is CC(C(=O)O)C(C)(O)c1ccc(S(C)(=O)=O)cc1. The van der Waals surface area contributed by atoms with Gasteiger partial charge in [-0.2, -0.15) is 0 Å². The molecule has 0 aliphatic carbocycles. The summed E-state index contributed by atoms with van der Waals surface area (Å²) < 4.78 is 22.6. The van der Waals surface area contributed by atoms with Gasteiger partial charge in [-0.05, 0) is 31.5 Å². The van der Waals surface area contributed by atoms with Crippen molar-refractivity contribution in [3.8, 4) is 0 Å². The Hall–Kier alpha value is -1.40. The number of aliphatic carboxylic acids is 1. The van der Waals surface area contributed by atoms with Crippen LogP contribution >= 0.6 is 0 Å². The minimum Gasteiger partial charge on any atom is -0.481 e. The van der Waals surface area contributed by atoms with E-state index in [-0.39, 0.29) is 4.90 Å². The van der Waals surface area contributed by atoms with Crippen LogP contribution in [0.15, 0.2) is 29.2 Å². The largest absolute Gasteiger partial charge is 0.481 e. The van der Waals surface area contributed by atoms with Gasteiger partial charge in [0.15, 0.2) is 9.84 Å². The number of carbonyl (C=O) groups is 1. The molecule has 1 aromatic carbocycles. The molecule has 0 saturated carbocycles. The fraction of sp³-hybridized carbons (Fsp3) is 0.417. The standard InChI is InChI=1S/C12H16O5S/c1-8(11(13)14)12(2,15)9-4-6-10(7-5-9)18(3,16)17/h4-8,15H,1-3H3,(H,13,14). The molecule has 2 atom stereocenters. The predicted molar refractivity (Wildman–Crippen MR) is 65.9 cm³/mol. The molecule has 2 N–H and O–H groups in total. The molecule has 6 heteroatoms. The Morgan fingerprint density at radius 2 is 1.72 bits per heavy atom. The van der Waals surface area contributed by atoms with E-state index in [1.54, 1.807) is 0 Å². The maximum Gasteiger partial charge on any atom is 0.309 e. The van der Waals surface area contributed by atoms with E-state index >= 15 is 0 Å². The molecule has 0 bridgehead atoms. The van der Waals surface area contributed by atoms with Crippen molar-refractivity contribution >= 4 is 15.8 Å². The van der Waals surface area contributed by atoms with Crippen LogP contribution in [0.2, 0.25) is 0 Å². The molecule has 2 unspecified atom stereocenters. The second kappa shape index (κ2) is 4.70. The van der Waals surface area contributed by atoms with Gasteiger partial charge >= 0.3 is 5.97 Å². The maximum atomic E-state index is 11.3. The van der Waals surface area contributed by atoms with Crippen LogP contribution in [-0.4, -0.2) is 30.9 Å². The Balaban J connectivity index is 3.16. The monoisotopic (exact) mass is 272 g/mol. The fourth-order valence-corrected chi connectivity index (χ4v) is 2.16. The minimum absolute atomic E-state index is 0.130. The molecule has 0 fully saturated rings. The lowest BCUT2D eigenvalue weighted by Crippen LogP contribution is -2.35. The number of hydrogen-bond donors (Lipinski definition) is 2. The minimum atomic E-state index is -3.30. The highest BCUT2D eigenvalue weighted by Crippen LogP contribution is 2.30. The Kier molecular flexibility index (Phi) is 3.83. The number of rotatable bonds is 4. The van der Waals surface area contributed by atoms with Gasteiger partial charge in [0, 0.05) is 6.26 Å². The number of hydrogen-bond acceptors (Lipinski definition) is 4. The Morgan fingerprint density at radius 3 is 2.06 bits per heavy atom. The third kappa shape index (κ3) is 2.88. The number of benzene rings is 1. The molecule has 1 aromatic rings. The van der Waals surface area contributed by atoms with E-state index in [1.807, 2.05) is 0 Å². The number of carboxylic acids is 1. The van der Waals surface area contributed by atoms with Gasteiger partial charge in [0.05, 0.1) is 16.4 Å². The van der Waals surface area contributed by atoms with Gasteiger partial charge < -0.3 is 10.2 Å². The quantitative estimate of drug-likeness (QED) is 0.853. The van der Waals surface area contributed by atoms with E-state index in [4.69, 9.17) is 5.11 Å². The highest BCUT2D eigenvalue weighted by atomic mass is 32.2. The van der Waals surface area contributed by atoms with E-state index in [2.05, 4.69) is 0 Å². The second-order valence-corrected chi connectivity index (χ2v) is 6.52. The molecule has 18 heavy (non-hydrogen) atoms. The van der Waals surface area contributed by atoms with Crippen molar-refractivity contribution in [3.05, 3.63) is 29.8 Å². The summed E-state index contributed by atoms with van der Waals surface area (Å²) >= 11 is 0. The average Bonchev–Trinajstić information content (AvgIpc) is 2.26. The van der Waals surface area contributed by atoms with Crippen molar-refractivity contribution in [2.75, 3.05) is 6.26 Å². The average molecular weight is 272 g/mol. The molecule has 0 spiro atoms. The zero-order valence-electron chi connectivity index (χ0n) is 10.4. The van der Waals surface area contributed by atoms with E-state index < -0.39 is 27.3 Å². The normalized spacial score (nSPS) is 16.9. The molecule has 0 aliphatic rings. The molecule has 1 rings (SSSR count). The Bertz CT molecular complexity index is 542. The Labute approximate surface area is 106 Å². The smallest absolute Gasteiger partial charge is 0.309 e. The molecule has 0 amide bonds. The first-order chi connectivity index (χ1) is 8.06. The first-order valence-corrected chi connectivity index (χ1v) is 7.21. The third-order valence-electron chi connectivity index (χ3n) is 3.08. The van der Waals surface area contributed by atoms with Crippen LogP contribution in [0.1, 0.15) is 19.4 Å². The first-order valence-electron chi connectivity index (χ1n) is 5.32. The van der Waals surface area contributed by atoms with Crippen LogP contribution in [0.3, 0.4) is 0 Å². The zero-order chi connectivity index (χ0) is 14.1. The summed E-state index contributed by atoms with van der Waals surface area (Å²) in [6.07, 6.45) is 1.08. The van der Waals surface area contributed by atoms with E-state index in [0.717, 1.165) is 6.26 Å². The highest BCUT2D eigenvalue weighted by molar-refractivity contribution is 7.90. The molecule has 100 valence electrons. The zero-order valence-corrected chi connectivity index (χ0v) is 11.2. The molecule has 0 aromatic heterocycles. The van der Waals surface area contributed by atoms with Gasteiger partial charge in [0.1, 0.15) is 0 Å². The molecule has 5 nitrogen and oxygen atoms in total. The van der Waals surface area contributed by atoms with Gasteiger partial charge in [-0.3, -0.25) is 4.79 Å². The summed E-state index contributed by atoms with van der Waals surface area (Å²) in [6, 6.07) is 5.56. The fourth-order valence-electron chi connectivity index (χ4n) is 1.53. The number of aliphatic hydroxyl groups is 1. The summed E-state index contributed by atoms with van der Waals surface area (Å²) in [5, 5.41) is 19.1. The number of carboxylic acid groups (broad SMARTS) is 1. The summed E-state index contributed by atoms with van der Waals surface area (Å²) in [4.78, 5) is 11.0. The summed E-state index contributed by atoms with van der Waals surface area (Å²) in [5.74, 6) is -2.12. The lowest BCUT2D eigenvalue weighted by molar-refractivity contribution is -0.150. The van der Waals surface area contributed by atoms with Gasteiger partial charge in [0.2, 0.25) is 0 Å². The van der Waals surface area contributed by atoms with Crippen molar-refractivity contribution in [1.82, 2.24) is 0 Å². The second-order valence-electron chi connectivity index (χ2n) is 4.50. The van der Waals surface area contributed by atoms with Crippen LogP contribution < -0.4 is 0 Å². The maximum absolute atomic E-state index is 11.3. The molecule has 0 heterocycles. The molecular weight excluding hydrogens is 256 g/mol. The van der Waals surface area contributed by atoms with Gasteiger partial charge in [-0.1, -0.05) is 12.1 Å². The van der Waals surface area contributed by atoms with E-state index in [9.17, 15) is 18.3 Å². The van der Waals surface area contributed by atoms with Crippen LogP contribution in [-0.2, 0) is 20.2 Å². The van der Waals surface area contributed by atoms with Crippen molar-refractivity contribution in [2.45, 2.75) is 24.3 Å². The van der Waals surface area contributed by atoms with E-state index in [0.29, 0.717) is 5.56 Å². The van der Waals surface area contributed by atoms with E-state index in [1.165, 1.54) is 38.1 Å². The van der Waals surface area contributed by atoms with Crippen LogP contribution in [0, 0.1) is 5.92 Å². The third-order valence-corrected chi connectivity index (χ3v) is 4.21. The summed E-state index contributed by atoms with van der Waals surface area (Å²) in [5.41, 5.74) is -1.19. The van der Waals surface area contributed by atoms with Crippen LogP contribution in [0.4, 0.5) is 0 Å². The molecular formula is C12H16O5S. The predicted octanol–water partition coefficient (Wildman–Crippen LogP) is 1.02. The Morgan fingerprint density at radius 1 is 1.28 bits per heavy atom.